The molecule has 0 atom stereocenters. The van der Waals surface area contributed by atoms with E-state index in [1.165, 1.54) is 0 Å². The van der Waals surface area contributed by atoms with E-state index in [1.54, 1.807) is 23.5 Å². The highest BCUT2D eigenvalue weighted by Crippen LogP contribution is 2.24. The number of aromatic nitrogens is 1. The highest BCUT2D eigenvalue weighted by atomic mass is 32.1. The molecule has 4 nitrogen and oxygen atoms in total. The summed E-state index contributed by atoms with van der Waals surface area (Å²) in [5, 5.41) is 3.84. The Morgan fingerprint density at radius 1 is 1.50 bits per heavy atom. The van der Waals surface area contributed by atoms with E-state index in [0.717, 1.165) is 22.0 Å². The third-order valence-electron chi connectivity index (χ3n) is 2.70. The number of hydrogen-bond acceptors (Lipinski definition) is 4. The molecular formula is C13H16N2O2S. The lowest BCUT2D eigenvalue weighted by Crippen LogP contribution is -2.29. The molecule has 5 heteroatoms. The normalized spacial score (nSPS) is 13.8. The lowest BCUT2D eigenvalue weighted by molar-refractivity contribution is -0.124. The highest BCUT2D eigenvalue weighted by molar-refractivity contribution is 7.12. The van der Waals surface area contributed by atoms with Crippen molar-refractivity contribution in [2.75, 3.05) is 6.54 Å². The van der Waals surface area contributed by atoms with Crippen molar-refractivity contribution >= 4 is 29.1 Å². The van der Waals surface area contributed by atoms with Crippen molar-refractivity contribution in [3.8, 4) is 0 Å². The van der Waals surface area contributed by atoms with Crippen molar-refractivity contribution in [3.63, 3.8) is 0 Å². The first-order chi connectivity index (χ1) is 8.56. The van der Waals surface area contributed by atoms with Crippen molar-refractivity contribution in [2.24, 2.45) is 5.92 Å². The van der Waals surface area contributed by atoms with Crippen molar-refractivity contribution in [2.45, 2.75) is 26.7 Å². The van der Waals surface area contributed by atoms with Crippen LogP contribution in [0.4, 0.5) is 0 Å². The van der Waals surface area contributed by atoms with Gasteiger partial charge in [-0.25, -0.2) is 4.98 Å². The van der Waals surface area contributed by atoms with E-state index in [0.29, 0.717) is 13.0 Å². The van der Waals surface area contributed by atoms with Gasteiger partial charge in [0.15, 0.2) is 5.78 Å². The summed E-state index contributed by atoms with van der Waals surface area (Å²) >= 11 is 1.56. The second kappa shape index (κ2) is 5.44. The molecule has 1 aliphatic carbocycles. The molecule has 0 spiro atoms. The fourth-order valence-electron chi connectivity index (χ4n) is 1.66. The van der Waals surface area contributed by atoms with Crippen molar-refractivity contribution < 1.29 is 9.59 Å². The summed E-state index contributed by atoms with van der Waals surface area (Å²) < 4.78 is 0. The maximum atomic E-state index is 11.4. The van der Waals surface area contributed by atoms with E-state index in [-0.39, 0.29) is 17.6 Å². The molecule has 2 rings (SSSR count). The average molecular weight is 264 g/mol. The second-order valence-electron chi connectivity index (χ2n) is 4.59. The summed E-state index contributed by atoms with van der Waals surface area (Å²) in [6.07, 6.45) is 4.53. The van der Waals surface area contributed by atoms with E-state index in [1.807, 2.05) is 13.8 Å². The zero-order valence-corrected chi connectivity index (χ0v) is 11.3. The Morgan fingerprint density at radius 2 is 2.28 bits per heavy atom. The van der Waals surface area contributed by atoms with Gasteiger partial charge in [0.2, 0.25) is 5.91 Å². The van der Waals surface area contributed by atoms with Crippen molar-refractivity contribution in [1.29, 1.82) is 0 Å². The first-order valence-electron chi connectivity index (χ1n) is 6.03. The summed E-state index contributed by atoms with van der Waals surface area (Å²) in [6.45, 7) is 4.34. The van der Waals surface area contributed by atoms with Gasteiger partial charge in [0, 0.05) is 30.2 Å². The van der Waals surface area contributed by atoms with Crippen molar-refractivity contribution in [1.82, 2.24) is 10.3 Å². The average Bonchev–Trinajstić information content (AvgIpc) is 2.70. The van der Waals surface area contributed by atoms with Gasteiger partial charge >= 0.3 is 0 Å². The van der Waals surface area contributed by atoms with Gasteiger partial charge in [0.1, 0.15) is 0 Å². The quantitative estimate of drug-likeness (QED) is 0.898. The smallest absolute Gasteiger partial charge is 0.222 e. The molecule has 0 bridgehead atoms. The van der Waals surface area contributed by atoms with E-state index >= 15 is 0 Å². The van der Waals surface area contributed by atoms with Gasteiger partial charge in [-0.15, -0.1) is 11.3 Å². The molecule has 1 heterocycles. The molecule has 1 N–H and O–H groups in total. The molecule has 1 amide bonds. The predicted octanol–water partition coefficient (Wildman–Crippen LogP) is 1.60. The first kappa shape index (κ1) is 13.0. The van der Waals surface area contributed by atoms with E-state index in [2.05, 4.69) is 10.3 Å². The lowest BCUT2D eigenvalue weighted by atomic mass is 10.1. The number of nitrogens with zero attached hydrogens (tertiary/aromatic N) is 1. The Balaban J connectivity index is 1.90. The number of nitrogens with one attached hydrogen (secondary N) is 1. The van der Waals surface area contributed by atoms with E-state index in [9.17, 15) is 9.59 Å². The number of hydrogen-bond donors (Lipinski definition) is 1. The SMILES string of the molecule is CC(C)C(=O)NCCc1nc2c(s1)CC(=O)C=C2. The van der Waals surface area contributed by atoms with Gasteiger partial charge < -0.3 is 5.32 Å². The molecule has 96 valence electrons. The number of allylic oxidation sites excluding steroid dienone is 1. The number of rotatable bonds is 4. The fourth-order valence-corrected chi connectivity index (χ4v) is 2.73. The molecule has 1 aromatic rings. The van der Waals surface area contributed by atoms with Gasteiger partial charge in [-0.2, -0.15) is 0 Å². The largest absolute Gasteiger partial charge is 0.355 e. The standard InChI is InChI=1S/C13H16N2O2S/c1-8(2)13(17)14-6-5-12-15-10-4-3-9(16)7-11(10)18-12/h3-4,8H,5-7H2,1-2H3,(H,14,17). The zero-order chi connectivity index (χ0) is 13.1. The monoisotopic (exact) mass is 264 g/mol. The van der Waals surface area contributed by atoms with Crippen LogP contribution in [0.15, 0.2) is 6.08 Å². The molecule has 0 aliphatic heterocycles. The van der Waals surface area contributed by atoms with Gasteiger partial charge in [-0.05, 0) is 12.2 Å². The van der Waals surface area contributed by atoms with Crippen LogP contribution in [-0.2, 0) is 22.4 Å². The number of fused-ring (bicyclic) bond motifs is 1. The minimum atomic E-state index is 0.00931. The summed E-state index contributed by atoms with van der Waals surface area (Å²) in [5.41, 5.74) is 0.907. The van der Waals surface area contributed by atoms with E-state index in [4.69, 9.17) is 0 Å². The Bertz CT molecular complexity index is 503. The van der Waals surface area contributed by atoms with Crippen LogP contribution in [0.1, 0.15) is 29.4 Å². The zero-order valence-electron chi connectivity index (χ0n) is 10.5. The third kappa shape index (κ3) is 3.04. The molecule has 0 saturated carbocycles. The molecule has 1 aromatic heterocycles. The third-order valence-corrected chi connectivity index (χ3v) is 3.83. The van der Waals surface area contributed by atoms with Crippen LogP contribution in [0, 0.1) is 5.92 Å². The Labute approximate surface area is 110 Å². The maximum absolute atomic E-state index is 11.4. The summed E-state index contributed by atoms with van der Waals surface area (Å²) in [4.78, 5) is 28.1. The fraction of sp³-hybridized carbons (Fsp3) is 0.462. The molecule has 0 aromatic carbocycles. The van der Waals surface area contributed by atoms with Crippen LogP contribution in [0.25, 0.3) is 6.08 Å². The number of ketones is 1. The van der Waals surface area contributed by atoms with Crippen LogP contribution in [0.2, 0.25) is 0 Å². The number of thiazole rings is 1. The van der Waals surface area contributed by atoms with Gasteiger partial charge in [-0.3, -0.25) is 9.59 Å². The number of carbonyl (C=O) groups is 2. The van der Waals surface area contributed by atoms with Crippen molar-refractivity contribution in [3.05, 3.63) is 21.7 Å². The second-order valence-corrected chi connectivity index (χ2v) is 5.76. The Kier molecular flexibility index (Phi) is 3.91. The highest BCUT2D eigenvalue weighted by Gasteiger charge is 2.15. The van der Waals surface area contributed by atoms with Gasteiger partial charge in [-0.1, -0.05) is 13.8 Å². The molecule has 0 saturated heterocycles. The molecular weight excluding hydrogens is 248 g/mol. The minimum Gasteiger partial charge on any atom is -0.355 e. The summed E-state index contributed by atoms with van der Waals surface area (Å²) in [7, 11) is 0. The van der Waals surface area contributed by atoms with Crippen LogP contribution in [0.5, 0.6) is 0 Å². The van der Waals surface area contributed by atoms with Gasteiger partial charge in [0.25, 0.3) is 0 Å². The van der Waals surface area contributed by atoms with Gasteiger partial charge in [0.05, 0.1) is 10.7 Å². The maximum Gasteiger partial charge on any atom is 0.222 e. The number of carbonyl (C=O) groups excluding carboxylic acids is 2. The summed E-state index contributed by atoms with van der Waals surface area (Å²) in [5.74, 6) is 0.201. The topological polar surface area (TPSA) is 59.1 Å². The van der Waals surface area contributed by atoms with Crippen LogP contribution >= 0.6 is 11.3 Å². The molecule has 0 fully saturated rings. The molecule has 0 radical (unpaired) electrons. The molecule has 18 heavy (non-hydrogen) atoms. The Hall–Kier alpha value is -1.49. The predicted molar refractivity (Wildman–Crippen MR) is 71.4 cm³/mol. The number of amides is 1. The molecule has 1 aliphatic rings. The van der Waals surface area contributed by atoms with Crippen LogP contribution in [0.3, 0.4) is 0 Å². The molecule has 0 unspecified atom stereocenters. The first-order valence-corrected chi connectivity index (χ1v) is 6.85. The minimum absolute atomic E-state index is 0.00931. The van der Waals surface area contributed by atoms with Crippen LogP contribution in [-0.4, -0.2) is 23.2 Å². The Morgan fingerprint density at radius 3 is 3.00 bits per heavy atom. The van der Waals surface area contributed by atoms with Crippen LogP contribution < -0.4 is 5.32 Å². The van der Waals surface area contributed by atoms with E-state index < -0.39 is 0 Å². The summed E-state index contributed by atoms with van der Waals surface area (Å²) in [6, 6.07) is 0. The lowest BCUT2D eigenvalue weighted by Gasteiger charge is -2.05.